The van der Waals surface area contributed by atoms with E-state index in [1.807, 2.05) is 12.3 Å². The average Bonchev–Trinajstić information content (AvgIpc) is 2.33. The summed E-state index contributed by atoms with van der Waals surface area (Å²) < 4.78 is 2.09. The molecule has 0 fully saturated rings. The molecule has 0 saturated carbocycles. The average molecular weight is 146 g/mol. The summed E-state index contributed by atoms with van der Waals surface area (Å²) in [6.07, 6.45) is 3.98. The van der Waals surface area contributed by atoms with Crippen LogP contribution in [-0.2, 0) is 0 Å². The van der Waals surface area contributed by atoms with E-state index in [0.717, 1.165) is 5.65 Å². The molecule has 0 bridgehead atoms. The number of hydrogen-bond acceptors (Lipinski definition) is 1. The maximum atomic E-state index is 4.22. The highest BCUT2D eigenvalue weighted by Gasteiger charge is 1.96. The standard InChI is InChI=1S/C9H10N2/c1-7-3-4-9-10-5-8(2)11(9)6-7/h3-6H,1-2H3. The van der Waals surface area contributed by atoms with Crippen LogP contribution in [0.1, 0.15) is 11.3 Å². The summed E-state index contributed by atoms with van der Waals surface area (Å²) >= 11 is 0. The number of pyridine rings is 1. The van der Waals surface area contributed by atoms with Crippen molar-refractivity contribution in [3.63, 3.8) is 0 Å². The zero-order valence-corrected chi connectivity index (χ0v) is 6.70. The van der Waals surface area contributed by atoms with Crippen molar-refractivity contribution in [2.45, 2.75) is 13.8 Å². The molecule has 0 saturated heterocycles. The minimum absolute atomic E-state index is 1.02. The number of aromatic nitrogens is 2. The third-order valence-corrected chi connectivity index (χ3v) is 1.84. The van der Waals surface area contributed by atoms with Crippen molar-refractivity contribution >= 4 is 5.65 Å². The van der Waals surface area contributed by atoms with Gasteiger partial charge in [0.15, 0.2) is 0 Å². The molecule has 2 heteroatoms. The van der Waals surface area contributed by atoms with Gasteiger partial charge in [-0.2, -0.15) is 0 Å². The zero-order chi connectivity index (χ0) is 7.84. The molecule has 2 nitrogen and oxygen atoms in total. The molecule has 11 heavy (non-hydrogen) atoms. The van der Waals surface area contributed by atoms with E-state index in [1.54, 1.807) is 0 Å². The molecule has 0 aliphatic carbocycles. The minimum atomic E-state index is 1.02. The lowest BCUT2D eigenvalue weighted by atomic mass is 10.3. The molecule has 0 unspecified atom stereocenters. The topological polar surface area (TPSA) is 17.3 Å². The fraction of sp³-hybridized carbons (Fsp3) is 0.222. The molecule has 0 N–H and O–H groups in total. The third-order valence-electron chi connectivity index (χ3n) is 1.84. The SMILES string of the molecule is Cc1ccc2ncc(C)n2c1. The van der Waals surface area contributed by atoms with Gasteiger partial charge in [-0.15, -0.1) is 0 Å². The molecule has 56 valence electrons. The van der Waals surface area contributed by atoms with Crippen molar-refractivity contribution in [1.82, 2.24) is 9.38 Å². The first kappa shape index (κ1) is 6.40. The van der Waals surface area contributed by atoms with E-state index >= 15 is 0 Å². The van der Waals surface area contributed by atoms with E-state index in [9.17, 15) is 0 Å². The first-order valence-electron chi connectivity index (χ1n) is 3.68. The van der Waals surface area contributed by atoms with Crippen LogP contribution in [0, 0.1) is 13.8 Å². The van der Waals surface area contributed by atoms with Crippen molar-refractivity contribution in [2.75, 3.05) is 0 Å². The van der Waals surface area contributed by atoms with Crippen molar-refractivity contribution < 1.29 is 0 Å². The van der Waals surface area contributed by atoms with Gasteiger partial charge in [-0.1, -0.05) is 6.07 Å². The van der Waals surface area contributed by atoms with Gasteiger partial charge >= 0.3 is 0 Å². The lowest BCUT2D eigenvalue weighted by Gasteiger charge is -1.96. The van der Waals surface area contributed by atoms with Crippen LogP contribution in [0.2, 0.25) is 0 Å². The Hall–Kier alpha value is -1.31. The predicted octanol–water partition coefficient (Wildman–Crippen LogP) is 1.95. The van der Waals surface area contributed by atoms with Crippen molar-refractivity contribution in [3.05, 3.63) is 35.8 Å². The Morgan fingerprint density at radius 1 is 1.27 bits per heavy atom. The van der Waals surface area contributed by atoms with Crippen LogP contribution in [-0.4, -0.2) is 9.38 Å². The highest BCUT2D eigenvalue weighted by atomic mass is 15.0. The van der Waals surface area contributed by atoms with Gasteiger partial charge in [0, 0.05) is 18.1 Å². The Morgan fingerprint density at radius 2 is 2.09 bits per heavy atom. The highest BCUT2D eigenvalue weighted by Crippen LogP contribution is 2.06. The Kier molecular flexibility index (Phi) is 1.22. The van der Waals surface area contributed by atoms with Gasteiger partial charge in [0.05, 0.1) is 0 Å². The summed E-state index contributed by atoms with van der Waals surface area (Å²) in [5.74, 6) is 0. The van der Waals surface area contributed by atoms with Crippen molar-refractivity contribution in [2.24, 2.45) is 0 Å². The zero-order valence-electron chi connectivity index (χ0n) is 6.70. The molecule has 2 heterocycles. The van der Waals surface area contributed by atoms with Crippen LogP contribution in [0.25, 0.3) is 5.65 Å². The second kappa shape index (κ2) is 2.09. The summed E-state index contributed by atoms with van der Waals surface area (Å²) in [4.78, 5) is 4.22. The maximum Gasteiger partial charge on any atom is 0.136 e. The molecule has 2 rings (SSSR count). The third kappa shape index (κ3) is 0.909. The van der Waals surface area contributed by atoms with Gasteiger partial charge in [-0.05, 0) is 25.5 Å². The van der Waals surface area contributed by atoms with E-state index in [1.165, 1.54) is 11.3 Å². The Balaban J connectivity index is 2.87. The number of rotatable bonds is 0. The molecule has 0 atom stereocenters. The molecule has 0 radical (unpaired) electrons. The fourth-order valence-corrected chi connectivity index (χ4v) is 1.21. The van der Waals surface area contributed by atoms with Crippen LogP contribution in [0.4, 0.5) is 0 Å². The maximum absolute atomic E-state index is 4.22. The van der Waals surface area contributed by atoms with Gasteiger partial charge in [0.2, 0.25) is 0 Å². The molecule has 2 aromatic rings. The first-order chi connectivity index (χ1) is 5.27. The van der Waals surface area contributed by atoms with Crippen LogP contribution in [0.3, 0.4) is 0 Å². The number of fused-ring (bicyclic) bond motifs is 1. The largest absolute Gasteiger partial charge is 0.304 e. The van der Waals surface area contributed by atoms with Crippen molar-refractivity contribution in [1.29, 1.82) is 0 Å². The molecule has 0 aliphatic heterocycles. The highest BCUT2D eigenvalue weighted by molar-refractivity contribution is 5.41. The fourth-order valence-electron chi connectivity index (χ4n) is 1.21. The second-order valence-corrected chi connectivity index (χ2v) is 2.83. The van der Waals surface area contributed by atoms with Gasteiger partial charge in [-0.25, -0.2) is 4.98 Å². The van der Waals surface area contributed by atoms with Crippen molar-refractivity contribution in [3.8, 4) is 0 Å². The second-order valence-electron chi connectivity index (χ2n) is 2.83. The van der Waals surface area contributed by atoms with E-state index in [2.05, 4.69) is 35.5 Å². The molecule has 0 aliphatic rings. The lowest BCUT2D eigenvalue weighted by Crippen LogP contribution is -1.87. The summed E-state index contributed by atoms with van der Waals surface area (Å²) in [6, 6.07) is 4.10. The monoisotopic (exact) mass is 146 g/mol. The van der Waals surface area contributed by atoms with Crippen LogP contribution < -0.4 is 0 Å². The summed E-state index contributed by atoms with van der Waals surface area (Å²) in [5, 5.41) is 0. The molecular weight excluding hydrogens is 136 g/mol. The number of aryl methyl sites for hydroxylation is 2. The predicted molar refractivity (Wildman–Crippen MR) is 44.7 cm³/mol. The molecule has 0 aromatic carbocycles. The quantitative estimate of drug-likeness (QED) is 0.555. The first-order valence-corrected chi connectivity index (χ1v) is 3.68. The summed E-state index contributed by atoms with van der Waals surface area (Å²) in [5.41, 5.74) is 3.47. The van der Waals surface area contributed by atoms with E-state index in [4.69, 9.17) is 0 Å². The molecular formula is C9H10N2. The lowest BCUT2D eigenvalue weighted by molar-refractivity contribution is 1.09. The number of hydrogen-bond donors (Lipinski definition) is 0. The molecule has 0 spiro atoms. The Labute approximate surface area is 65.5 Å². The van der Waals surface area contributed by atoms with Gasteiger partial charge in [0.25, 0.3) is 0 Å². The van der Waals surface area contributed by atoms with Gasteiger partial charge in [0.1, 0.15) is 5.65 Å². The van der Waals surface area contributed by atoms with Gasteiger partial charge in [-0.3, -0.25) is 0 Å². The van der Waals surface area contributed by atoms with Crippen LogP contribution in [0.15, 0.2) is 24.5 Å². The van der Waals surface area contributed by atoms with E-state index in [0.29, 0.717) is 0 Å². The summed E-state index contributed by atoms with van der Waals surface area (Å²) in [6.45, 7) is 4.14. The molecule has 0 amide bonds. The Morgan fingerprint density at radius 3 is 2.91 bits per heavy atom. The van der Waals surface area contributed by atoms with Gasteiger partial charge < -0.3 is 4.40 Å². The minimum Gasteiger partial charge on any atom is -0.304 e. The van der Waals surface area contributed by atoms with Crippen LogP contribution >= 0.6 is 0 Å². The summed E-state index contributed by atoms with van der Waals surface area (Å²) in [7, 11) is 0. The number of nitrogens with zero attached hydrogens (tertiary/aromatic N) is 2. The normalized spacial score (nSPS) is 10.7. The Bertz CT molecular complexity index is 387. The van der Waals surface area contributed by atoms with E-state index < -0.39 is 0 Å². The van der Waals surface area contributed by atoms with E-state index in [-0.39, 0.29) is 0 Å². The number of imidazole rings is 1. The van der Waals surface area contributed by atoms with Crippen LogP contribution in [0.5, 0.6) is 0 Å². The molecule has 2 aromatic heterocycles. The smallest absolute Gasteiger partial charge is 0.136 e.